The number of aliphatic hydroxyl groups excluding tert-OH is 1. The summed E-state index contributed by atoms with van der Waals surface area (Å²) in [6.45, 7) is 2.45. The maximum atomic E-state index is 13.3. The number of aliphatic hydroxyl groups is 1. The zero-order chi connectivity index (χ0) is 24.2. The SMILES string of the molecule is COc1ccc(C2=C(O)C(=O)N(CCc3ccc(OC)c(OC)c3)C2c2ccc(C)cc2)cc1. The third-order valence-electron chi connectivity index (χ3n) is 6.19. The zero-order valence-corrected chi connectivity index (χ0v) is 19.9. The Balaban J connectivity index is 1.68. The summed E-state index contributed by atoms with van der Waals surface area (Å²) >= 11 is 0. The van der Waals surface area contributed by atoms with Gasteiger partial charge >= 0.3 is 0 Å². The molecule has 176 valence electrons. The van der Waals surface area contributed by atoms with Crippen molar-refractivity contribution in [2.45, 2.75) is 19.4 Å². The summed E-state index contributed by atoms with van der Waals surface area (Å²) in [5.41, 5.74) is 4.46. The van der Waals surface area contributed by atoms with Gasteiger partial charge in [-0.15, -0.1) is 0 Å². The molecule has 34 heavy (non-hydrogen) atoms. The van der Waals surface area contributed by atoms with Crippen LogP contribution < -0.4 is 14.2 Å². The Morgan fingerprint density at radius 1 is 0.853 bits per heavy atom. The van der Waals surface area contributed by atoms with Crippen molar-refractivity contribution in [2.24, 2.45) is 0 Å². The van der Waals surface area contributed by atoms with Gasteiger partial charge in [-0.1, -0.05) is 48.0 Å². The fourth-order valence-electron chi connectivity index (χ4n) is 4.33. The molecule has 0 bridgehead atoms. The first-order valence-electron chi connectivity index (χ1n) is 11.1. The van der Waals surface area contributed by atoms with Crippen LogP contribution in [0.4, 0.5) is 0 Å². The van der Waals surface area contributed by atoms with Crippen molar-refractivity contribution >= 4 is 11.5 Å². The Morgan fingerprint density at radius 2 is 1.53 bits per heavy atom. The van der Waals surface area contributed by atoms with Gasteiger partial charge in [-0.3, -0.25) is 4.79 Å². The number of benzene rings is 3. The smallest absolute Gasteiger partial charge is 0.289 e. The molecule has 1 amide bonds. The predicted octanol–water partition coefficient (Wildman–Crippen LogP) is 5.12. The lowest BCUT2D eigenvalue weighted by Gasteiger charge is -2.27. The van der Waals surface area contributed by atoms with Crippen LogP contribution in [0.15, 0.2) is 72.5 Å². The molecule has 1 N–H and O–H groups in total. The van der Waals surface area contributed by atoms with Crippen LogP contribution in [0, 0.1) is 6.92 Å². The van der Waals surface area contributed by atoms with E-state index in [1.165, 1.54) is 0 Å². The molecular weight excluding hydrogens is 430 g/mol. The van der Waals surface area contributed by atoms with E-state index >= 15 is 0 Å². The largest absolute Gasteiger partial charge is 0.503 e. The molecule has 1 aliphatic heterocycles. The normalized spacial score (nSPS) is 15.6. The van der Waals surface area contributed by atoms with Crippen molar-refractivity contribution < 1.29 is 24.1 Å². The molecule has 0 aliphatic carbocycles. The molecule has 1 aliphatic rings. The van der Waals surface area contributed by atoms with Gasteiger partial charge in [0.15, 0.2) is 17.3 Å². The van der Waals surface area contributed by atoms with Crippen LogP contribution >= 0.6 is 0 Å². The van der Waals surface area contributed by atoms with Gasteiger partial charge in [0, 0.05) is 12.1 Å². The molecule has 1 heterocycles. The average molecular weight is 460 g/mol. The summed E-state index contributed by atoms with van der Waals surface area (Å²) in [6.07, 6.45) is 0.595. The number of aryl methyl sites for hydroxylation is 1. The molecule has 1 unspecified atom stereocenters. The Labute approximate surface area is 200 Å². The molecule has 0 fully saturated rings. The monoisotopic (exact) mass is 459 g/mol. The van der Waals surface area contributed by atoms with E-state index in [0.29, 0.717) is 35.8 Å². The Hall–Kier alpha value is -3.93. The molecule has 3 aromatic carbocycles. The summed E-state index contributed by atoms with van der Waals surface area (Å²) in [7, 11) is 4.81. The van der Waals surface area contributed by atoms with Gasteiger partial charge in [-0.25, -0.2) is 0 Å². The van der Waals surface area contributed by atoms with Gasteiger partial charge in [0.2, 0.25) is 0 Å². The van der Waals surface area contributed by atoms with Crippen molar-refractivity contribution in [3.05, 3.63) is 94.7 Å². The fourth-order valence-corrected chi connectivity index (χ4v) is 4.33. The summed E-state index contributed by atoms with van der Waals surface area (Å²) in [5, 5.41) is 11.0. The van der Waals surface area contributed by atoms with Crippen molar-refractivity contribution in [3.8, 4) is 17.2 Å². The van der Waals surface area contributed by atoms with Gasteiger partial charge in [0.05, 0.1) is 27.4 Å². The topological polar surface area (TPSA) is 68.2 Å². The van der Waals surface area contributed by atoms with E-state index in [9.17, 15) is 9.90 Å². The lowest BCUT2D eigenvalue weighted by atomic mass is 9.93. The summed E-state index contributed by atoms with van der Waals surface area (Å²) in [6, 6.07) is 20.8. The highest BCUT2D eigenvalue weighted by molar-refractivity contribution is 6.05. The first-order chi connectivity index (χ1) is 16.5. The van der Waals surface area contributed by atoms with Crippen molar-refractivity contribution in [1.29, 1.82) is 0 Å². The second-order valence-corrected chi connectivity index (χ2v) is 8.24. The van der Waals surface area contributed by atoms with Gasteiger partial charge in [-0.05, 0) is 54.3 Å². The fraction of sp³-hybridized carbons (Fsp3) is 0.250. The molecule has 3 aromatic rings. The minimum atomic E-state index is -0.401. The third-order valence-corrected chi connectivity index (χ3v) is 6.19. The predicted molar refractivity (Wildman–Crippen MR) is 131 cm³/mol. The standard InChI is InChI=1S/C28H29NO5/c1-18-5-8-21(9-6-18)26-25(20-10-12-22(32-2)13-11-20)27(30)28(31)29(26)16-15-19-7-14-23(33-3)24(17-19)34-4/h5-14,17,26,30H,15-16H2,1-4H3. The molecule has 0 aromatic heterocycles. The Kier molecular flexibility index (Phi) is 6.77. The number of amides is 1. The van der Waals surface area contributed by atoms with Crippen LogP contribution in [-0.4, -0.2) is 43.8 Å². The Bertz CT molecular complexity index is 1200. The molecule has 6 nitrogen and oxygen atoms in total. The van der Waals surface area contributed by atoms with E-state index in [1.54, 1.807) is 26.2 Å². The maximum absolute atomic E-state index is 13.3. The molecule has 0 radical (unpaired) electrons. The van der Waals surface area contributed by atoms with Crippen LogP contribution in [0.3, 0.4) is 0 Å². The minimum absolute atomic E-state index is 0.219. The quantitative estimate of drug-likeness (QED) is 0.507. The lowest BCUT2D eigenvalue weighted by Crippen LogP contribution is -2.32. The highest BCUT2D eigenvalue weighted by Gasteiger charge is 2.40. The summed E-state index contributed by atoms with van der Waals surface area (Å²) in [5.74, 6) is 1.41. The van der Waals surface area contributed by atoms with Crippen LogP contribution in [0.25, 0.3) is 5.57 Å². The van der Waals surface area contributed by atoms with Crippen LogP contribution in [0.5, 0.6) is 17.2 Å². The van der Waals surface area contributed by atoms with Crippen LogP contribution in [0.2, 0.25) is 0 Å². The molecule has 1 atom stereocenters. The van der Waals surface area contributed by atoms with Crippen molar-refractivity contribution in [3.63, 3.8) is 0 Å². The first kappa shape index (κ1) is 23.2. The molecule has 6 heteroatoms. The van der Waals surface area contributed by atoms with E-state index in [2.05, 4.69) is 0 Å². The highest BCUT2D eigenvalue weighted by atomic mass is 16.5. The second kappa shape index (κ2) is 9.91. The van der Waals surface area contributed by atoms with E-state index in [-0.39, 0.29) is 11.7 Å². The van der Waals surface area contributed by atoms with E-state index in [1.807, 2.05) is 73.7 Å². The Morgan fingerprint density at radius 3 is 2.15 bits per heavy atom. The average Bonchev–Trinajstić information content (AvgIpc) is 3.12. The van der Waals surface area contributed by atoms with E-state index in [4.69, 9.17) is 14.2 Å². The lowest BCUT2D eigenvalue weighted by molar-refractivity contribution is -0.129. The van der Waals surface area contributed by atoms with E-state index in [0.717, 1.165) is 22.3 Å². The molecule has 0 spiro atoms. The van der Waals surface area contributed by atoms with Gasteiger partial charge in [0.25, 0.3) is 5.91 Å². The third kappa shape index (κ3) is 4.44. The number of rotatable bonds is 8. The van der Waals surface area contributed by atoms with Crippen molar-refractivity contribution in [1.82, 2.24) is 4.90 Å². The maximum Gasteiger partial charge on any atom is 0.289 e. The number of carbonyl (C=O) groups is 1. The van der Waals surface area contributed by atoms with Crippen LogP contribution in [0.1, 0.15) is 28.3 Å². The zero-order valence-electron chi connectivity index (χ0n) is 19.9. The van der Waals surface area contributed by atoms with Crippen LogP contribution in [-0.2, 0) is 11.2 Å². The van der Waals surface area contributed by atoms with Gasteiger partial charge in [0.1, 0.15) is 5.75 Å². The number of hydrogen-bond donors (Lipinski definition) is 1. The summed E-state index contributed by atoms with van der Waals surface area (Å²) in [4.78, 5) is 15.0. The molecule has 0 saturated heterocycles. The van der Waals surface area contributed by atoms with E-state index < -0.39 is 6.04 Å². The molecule has 0 saturated carbocycles. The molecule has 4 rings (SSSR count). The summed E-state index contributed by atoms with van der Waals surface area (Å²) < 4.78 is 16.0. The van der Waals surface area contributed by atoms with Gasteiger partial charge < -0.3 is 24.2 Å². The molecular formula is C28H29NO5. The second-order valence-electron chi connectivity index (χ2n) is 8.24. The number of hydrogen-bond acceptors (Lipinski definition) is 5. The number of carbonyl (C=O) groups excluding carboxylic acids is 1. The number of methoxy groups -OCH3 is 3. The minimum Gasteiger partial charge on any atom is -0.503 e. The van der Waals surface area contributed by atoms with Crippen molar-refractivity contribution in [2.75, 3.05) is 27.9 Å². The number of nitrogens with zero attached hydrogens (tertiary/aromatic N) is 1. The highest BCUT2D eigenvalue weighted by Crippen LogP contribution is 2.43. The number of ether oxygens (including phenoxy) is 3. The first-order valence-corrected chi connectivity index (χ1v) is 11.1. The van der Waals surface area contributed by atoms with Gasteiger partial charge in [-0.2, -0.15) is 0 Å².